The molecule has 12 nitrogen and oxygen atoms in total. The number of aromatic nitrogens is 2. The second kappa shape index (κ2) is 11.8. The third kappa shape index (κ3) is 6.02. The molecule has 0 radical (unpaired) electrons. The summed E-state index contributed by atoms with van der Waals surface area (Å²) >= 11 is 0. The van der Waals surface area contributed by atoms with Crippen molar-refractivity contribution in [3.05, 3.63) is 40.7 Å². The Bertz CT molecular complexity index is 1230. The van der Waals surface area contributed by atoms with Gasteiger partial charge >= 0.3 is 6.03 Å². The molecule has 2 aromatic heterocycles. The highest BCUT2D eigenvalue weighted by molar-refractivity contribution is 6.01. The summed E-state index contributed by atoms with van der Waals surface area (Å²) in [5.74, 6) is 0.729. The Labute approximate surface area is 214 Å². The molecule has 1 atom stereocenters. The number of hydrogen-bond acceptors (Lipinski definition) is 9. The van der Waals surface area contributed by atoms with Crippen LogP contribution in [-0.4, -0.2) is 79.2 Å². The lowest BCUT2D eigenvalue weighted by Gasteiger charge is -2.30. The summed E-state index contributed by atoms with van der Waals surface area (Å²) in [6.45, 7) is 3.67. The van der Waals surface area contributed by atoms with Gasteiger partial charge < -0.3 is 19.1 Å². The maximum absolute atomic E-state index is 13.2. The van der Waals surface area contributed by atoms with Gasteiger partial charge in [0.15, 0.2) is 6.29 Å². The van der Waals surface area contributed by atoms with Gasteiger partial charge in [0.2, 0.25) is 5.91 Å². The van der Waals surface area contributed by atoms with E-state index >= 15 is 0 Å². The first-order chi connectivity index (χ1) is 17.9. The summed E-state index contributed by atoms with van der Waals surface area (Å²) in [5.41, 5.74) is 1.85. The number of ether oxygens (including phenoxy) is 3. The molecule has 4 rings (SSSR count). The molecule has 0 spiro atoms. The molecule has 2 aliphatic heterocycles. The Morgan fingerprint density at radius 1 is 1.38 bits per heavy atom. The molecule has 0 bridgehead atoms. The Balaban J connectivity index is 1.55. The van der Waals surface area contributed by atoms with Crippen LogP contribution in [0.3, 0.4) is 0 Å². The van der Waals surface area contributed by atoms with Crippen LogP contribution in [0, 0.1) is 11.3 Å². The summed E-state index contributed by atoms with van der Waals surface area (Å²) in [5, 5.41) is 12.1. The molecule has 1 N–H and O–H groups in total. The SMILES string of the molecule is COCC(C)Oc1cc(NC(=O)N2CCCc3cc(CN4CCOCC4=O)c(C=O)nc32)ncc1C#N. The van der Waals surface area contributed by atoms with Crippen molar-refractivity contribution in [1.29, 1.82) is 5.26 Å². The fourth-order valence-corrected chi connectivity index (χ4v) is 4.26. The largest absolute Gasteiger partial charge is 0.487 e. The molecule has 12 heteroatoms. The number of anilines is 2. The number of fused-ring (bicyclic) bond motifs is 1. The number of rotatable bonds is 8. The normalized spacial score (nSPS) is 16.0. The van der Waals surface area contributed by atoms with Crippen LogP contribution in [0.5, 0.6) is 5.75 Å². The molecular weight excluding hydrogens is 480 g/mol. The third-order valence-electron chi connectivity index (χ3n) is 6.03. The second-order valence-corrected chi connectivity index (χ2v) is 8.75. The van der Waals surface area contributed by atoms with Crippen molar-refractivity contribution < 1.29 is 28.6 Å². The average molecular weight is 509 g/mol. The van der Waals surface area contributed by atoms with Crippen molar-refractivity contribution >= 4 is 29.9 Å². The average Bonchev–Trinajstić information content (AvgIpc) is 2.89. The van der Waals surface area contributed by atoms with Crippen molar-refractivity contribution in [3.8, 4) is 11.8 Å². The second-order valence-electron chi connectivity index (χ2n) is 8.75. The van der Waals surface area contributed by atoms with E-state index in [-0.39, 0.29) is 48.0 Å². The van der Waals surface area contributed by atoms with Crippen LogP contribution in [0.4, 0.5) is 16.4 Å². The van der Waals surface area contributed by atoms with Crippen LogP contribution in [0.2, 0.25) is 0 Å². The summed E-state index contributed by atoms with van der Waals surface area (Å²) in [6, 6.07) is 4.88. The highest BCUT2D eigenvalue weighted by atomic mass is 16.5. The lowest BCUT2D eigenvalue weighted by molar-refractivity contribution is -0.143. The van der Waals surface area contributed by atoms with Crippen LogP contribution in [0.15, 0.2) is 18.3 Å². The van der Waals surface area contributed by atoms with Crippen molar-refractivity contribution in [2.24, 2.45) is 0 Å². The van der Waals surface area contributed by atoms with Gasteiger partial charge in [0.25, 0.3) is 0 Å². The van der Waals surface area contributed by atoms with E-state index in [0.29, 0.717) is 56.8 Å². The fraction of sp³-hybridized carbons (Fsp3) is 0.440. The quantitative estimate of drug-likeness (QED) is 0.528. The van der Waals surface area contributed by atoms with E-state index in [1.807, 2.05) is 12.1 Å². The summed E-state index contributed by atoms with van der Waals surface area (Å²) < 4.78 is 16.0. The molecule has 0 aliphatic carbocycles. The minimum Gasteiger partial charge on any atom is -0.487 e. The van der Waals surface area contributed by atoms with E-state index in [2.05, 4.69) is 15.3 Å². The number of urea groups is 1. The molecule has 3 amide bonds. The van der Waals surface area contributed by atoms with E-state index < -0.39 is 6.03 Å². The molecule has 37 heavy (non-hydrogen) atoms. The van der Waals surface area contributed by atoms with Crippen LogP contribution >= 0.6 is 0 Å². The van der Waals surface area contributed by atoms with Crippen LogP contribution in [0.1, 0.15) is 40.5 Å². The number of pyridine rings is 2. The zero-order chi connectivity index (χ0) is 26.4. The highest BCUT2D eigenvalue weighted by Crippen LogP contribution is 2.29. The monoisotopic (exact) mass is 508 g/mol. The number of nitrogens with zero attached hydrogens (tertiary/aromatic N) is 5. The van der Waals surface area contributed by atoms with Crippen molar-refractivity contribution in [2.75, 3.05) is 50.2 Å². The van der Waals surface area contributed by atoms with Crippen molar-refractivity contribution in [1.82, 2.24) is 14.9 Å². The number of aryl methyl sites for hydroxylation is 1. The highest BCUT2D eigenvalue weighted by Gasteiger charge is 2.28. The fourth-order valence-electron chi connectivity index (χ4n) is 4.26. The number of carbonyl (C=O) groups excluding carboxylic acids is 3. The van der Waals surface area contributed by atoms with E-state index in [4.69, 9.17) is 14.2 Å². The smallest absolute Gasteiger partial charge is 0.328 e. The van der Waals surface area contributed by atoms with Gasteiger partial charge in [0.1, 0.15) is 47.4 Å². The number of carbonyl (C=O) groups is 3. The molecule has 0 aromatic carbocycles. The summed E-state index contributed by atoms with van der Waals surface area (Å²) in [4.78, 5) is 49.0. The molecule has 1 fully saturated rings. The molecule has 194 valence electrons. The van der Waals surface area contributed by atoms with Gasteiger partial charge in [-0.15, -0.1) is 0 Å². The van der Waals surface area contributed by atoms with E-state index in [9.17, 15) is 19.6 Å². The molecule has 4 heterocycles. The van der Waals surface area contributed by atoms with Crippen molar-refractivity contribution in [3.63, 3.8) is 0 Å². The molecule has 1 saturated heterocycles. The number of nitriles is 1. The Hall–Kier alpha value is -4.08. The van der Waals surface area contributed by atoms with Crippen LogP contribution in [0.25, 0.3) is 0 Å². The van der Waals surface area contributed by atoms with E-state index in [0.717, 1.165) is 5.56 Å². The summed E-state index contributed by atoms with van der Waals surface area (Å²) in [7, 11) is 1.55. The van der Waals surface area contributed by atoms with E-state index in [1.54, 1.807) is 18.9 Å². The first-order valence-corrected chi connectivity index (χ1v) is 11.9. The molecule has 1 unspecified atom stereocenters. The van der Waals surface area contributed by atoms with Crippen LogP contribution < -0.4 is 15.0 Å². The van der Waals surface area contributed by atoms with Gasteiger partial charge in [-0.25, -0.2) is 14.8 Å². The maximum atomic E-state index is 13.2. The standard InChI is InChI=1S/C25H28N6O6/c1-16(14-35-2)37-21-9-22(27-11-19(21)10-26)29-25(34)31-5-3-4-17-8-18(20(13-32)28-24(17)31)12-30-6-7-36-15-23(30)33/h8-9,11,13,16H,3-7,12,14-15H2,1-2H3,(H,27,29,34). The Kier molecular flexibility index (Phi) is 8.27. The molecule has 0 saturated carbocycles. The van der Waals surface area contributed by atoms with Crippen molar-refractivity contribution in [2.45, 2.75) is 32.4 Å². The van der Waals surface area contributed by atoms with Gasteiger partial charge in [-0.05, 0) is 31.4 Å². The minimum atomic E-state index is -0.477. The minimum absolute atomic E-state index is 0.0180. The van der Waals surface area contributed by atoms with Gasteiger partial charge in [0, 0.05) is 38.4 Å². The topological polar surface area (TPSA) is 147 Å². The van der Waals surface area contributed by atoms with Gasteiger partial charge in [-0.3, -0.25) is 19.8 Å². The lowest BCUT2D eigenvalue weighted by Crippen LogP contribution is -2.42. The van der Waals surface area contributed by atoms with Crippen LogP contribution in [-0.2, 0) is 27.2 Å². The number of morpholine rings is 1. The number of nitrogens with one attached hydrogen (secondary N) is 1. The molecular formula is C25H28N6O6. The Morgan fingerprint density at radius 3 is 2.95 bits per heavy atom. The first kappa shape index (κ1) is 26.0. The number of methoxy groups -OCH3 is 1. The number of aldehydes is 1. The zero-order valence-corrected chi connectivity index (χ0v) is 20.7. The third-order valence-corrected chi connectivity index (χ3v) is 6.03. The van der Waals surface area contributed by atoms with Gasteiger partial charge in [0.05, 0.1) is 19.4 Å². The predicted molar refractivity (Wildman–Crippen MR) is 131 cm³/mol. The maximum Gasteiger partial charge on any atom is 0.328 e. The van der Waals surface area contributed by atoms with Gasteiger partial charge in [-0.1, -0.05) is 0 Å². The zero-order valence-electron chi connectivity index (χ0n) is 20.7. The lowest BCUT2D eigenvalue weighted by atomic mass is 10.0. The number of hydrogen-bond donors (Lipinski definition) is 1. The summed E-state index contributed by atoms with van der Waals surface area (Å²) in [6.07, 6.45) is 3.03. The number of amides is 3. The molecule has 2 aliphatic rings. The first-order valence-electron chi connectivity index (χ1n) is 11.9. The Morgan fingerprint density at radius 2 is 2.22 bits per heavy atom. The molecule has 2 aromatic rings. The predicted octanol–water partition coefficient (Wildman–Crippen LogP) is 1.92. The van der Waals surface area contributed by atoms with E-state index in [1.165, 1.54) is 17.2 Å². The van der Waals surface area contributed by atoms with Gasteiger partial charge in [-0.2, -0.15) is 5.26 Å².